The van der Waals surface area contributed by atoms with E-state index in [1.165, 1.54) is 18.3 Å². The summed E-state index contributed by atoms with van der Waals surface area (Å²) in [7, 11) is 0. The van der Waals surface area contributed by atoms with Crippen LogP contribution in [0.1, 0.15) is 5.69 Å². The maximum atomic E-state index is 13.3. The number of carbonyl (C=O) groups is 1. The zero-order valence-electron chi connectivity index (χ0n) is 10.5. The Balaban J connectivity index is 2.27. The topological polar surface area (TPSA) is 54.6 Å². The van der Waals surface area contributed by atoms with E-state index in [0.29, 0.717) is 17.0 Å². The Labute approximate surface area is 114 Å². The van der Waals surface area contributed by atoms with Gasteiger partial charge in [-0.2, -0.15) is 0 Å². The Bertz CT molecular complexity index is 781. The first-order valence-electron chi connectivity index (χ1n) is 6.09. The van der Waals surface area contributed by atoms with E-state index < -0.39 is 11.8 Å². The molecule has 0 spiro atoms. The van der Waals surface area contributed by atoms with Crippen molar-refractivity contribution in [2.75, 3.05) is 0 Å². The van der Waals surface area contributed by atoms with E-state index in [0.717, 1.165) is 5.56 Å². The maximum Gasteiger partial charge on any atom is 0.309 e. The van der Waals surface area contributed by atoms with Gasteiger partial charge in [0.2, 0.25) is 0 Å². The molecule has 3 rings (SSSR count). The molecule has 0 radical (unpaired) electrons. The minimum atomic E-state index is -0.951. The standard InChI is InChI=1S/C15H11FN2O2/c16-11-6-7-18-12(9-14(19)20)15(17-13(18)8-11)10-4-2-1-3-5-10/h1-8H,9H2,(H,19,20). The summed E-state index contributed by atoms with van der Waals surface area (Å²) in [5.74, 6) is -1.35. The summed E-state index contributed by atoms with van der Waals surface area (Å²) in [5, 5.41) is 9.06. The first kappa shape index (κ1) is 12.3. The summed E-state index contributed by atoms with van der Waals surface area (Å²) in [5.41, 5.74) is 2.32. The molecule has 0 saturated carbocycles. The van der Waals surface area contributed by atoms with Crippen LogP contribution in [0.4, 0.5) is 4.39 Å². The fourth-order valence-corrected chi connectivity index (χ4v) is 2.21. The average molecular weight is 270 g/mol. The van der Waals surface area contributed by atoms with Crippen molar-refractivity contribution < 1.29 is 14.3 Å². The van der Waals surface area contributed by atoms with E-state index >= 15 is 0 Å². The van der Waals surface area contributed by atoms with Crippen LogP contribution in [-0.2, 0) is 11.2 Å². The molecule has 0 aliphatic carbocycles. The fraction of sp³-hybridized carbons (Fsp3) is 0.0667. The molecule has 0 aliphatic heterocycles. The van der Waals surface area contributed by atoms with E-state index in [1.807, 2.05) is 30.3 Å². The number of carboxylic acid groups (broad SMARTS) is 1. The Hall–Kier alpha value is -2.69. The van der Waals surface area contributed by atoms with Crippen LogP contribution < -0.4 is 0 Å². The van der Waals surface area contributed by atoms with Crippen molar-refractivity contribution in [1.29, 1.82) is 0 Å². The number of rotatable bonds is 3. The molecule has 4 nitrogen and oxygen atoms in total. The molecular formula is C15H11FN2O2. The van der Waals surface area contributed by atoms with Crippen LogP contribution in [0, 0.1) is 5.82 Å². The van der Waals surface area contributed by atoms with Crippen molar-refractivity contribution in [3.8, 4) is 11.3 Å². The average Bonchev–Trinajstić information content (AvgIpc) is 2.77. The molecule has 0 saturated heterocycles. The minimum absolute atomic E-state index is 0.170. The number of nitrogens with zero attached hydrogens (tertiary/aromatic N) is 2. The molecule has 20 heavy (non-hydrogen) atoms. The number of carboxylic acids is 1. The predicted octanol–water partition coefficient (Wildman–Crippen LogP) is 2.77. The first-order chi connectivity index (χ1) is 9.65. The number of pyridine rings is 1. The van der Waals surface area contributed by atoms with Gasteiger partial charge in [0.1, 0.15) is 11.5 Å². The van der Waals surface area contributed by atoms with Gasteiger partial charge in [0, 0.05) is 17.8 Å². The Morgan fingerprint density at radius 3 is 2.70 bits per heavy atom. The fourth-order valence-electron chi connectivity index (χ4n) is 2.21. The lowest BCUT2D eigenvalue weighted by Gasteiger charge is -2.02. The minimum Gasteiger partial charge on any atom is -0.481 e. The largest absolute Gasteiger partial charge is 0.481 e. The van der Waals surface area contributed by atoms with Crippen molar-refractivity contribution in [1.82, 2.24) is 9.38 Å². The van der Waals surface area contributed by atoms with Gasteiger partial charge >= 0.3 is 5.97 Å². The highest BCUT2D eigenvalue weighted by atomic mass is 19.1. The van der Waals surface area contributed by atoms with Crippen LogP contribution in [0.5, 0.6) is 0 Å². The number of aromatic nitrogens is 2. The lowest BCUT2D eigenvalue weighted by molar-refractivity contribution is -0.136. The number of benzene rings is 1. The van der Waals surface area contributed by atoms with Crippen LogP contribution in [-0.4, -0.2) is 20.5 Å². The van der Waals surface area contributed by atoms with Gasteiger partial charge in [0.05, 0.1) is 17.8 Å². The molecule has 0 amide bonds. The van der Waals surface area contributed by atoms with Crippen LogP contribution in [0.15, 0.2) is 48.7 Å². The number of aliphatic carboxylic acids is 1. The zero-order chi connectivity index (χ0) is 14.1. The van der Waals surface area contributed by atoms with Gasteiger partial charge in [-0.3, -0.25) is 4.79 Å². The van der Waals surface area contributed by atoms with Crippen LogP contribution in [0.25, 0.3) is 16.9 Å². The van der Waals surface area contributed by atoms with E-state index in [4.69, 9.17) is 5.11 Å². The smallest absolute Gasteiger partial charge is 0.309 e. The third kappa shape index (κ3) is 2.14. The molecular weight excluding hydrogens is 259 g/mol. The second kappa shape index (κ2) is 4.77. The molecule has 0 bridgehead atoms. The molecule has 0 aliphatic rings. The van der Waals surface area contributed by atoms with Gasteiger partial charge < -0.3 is 9.51 Å². The number of hydrogen-bond donors (Lipinski definition) is 1. The van der Waals surface area contributed by atoms with Gasteiger partial charge in [-0.05, 0) is 6.07 Å². The van der Waals surface area contributed by atoms with E-state index in [1.54, 1.807) is 4.40 Å². The van der Waals surface area contributed by atoms with Crippen LogP contribution >= 0.6 is 0 Å². The SMILES string of the molecule is O=C(O)Cc1c(-c2ccccc2)nc2cc(F)ccn12. The molecule has 5 heteroatoms. The quantitative estimate of drug-likeness (QED) is 0.796. The highest BCUT2D eigenvalue weighted by molar-refractivity contribution is 5.76. The molecule has 2 heterocycles. The van der Waals surface area contributed by atoms with Crippen molar-refractivity contribution in [2.45, 2.75) is 6.42 Å². The number of halogens is 1. The summed E-state index contributed by atoms with van der Waals surface area (Å²) >= 11 is 0. The second-order valence-corrected chi connectivity index (χ2v) is 4.42. The molecule has 2 aromatic heterocycles. The Morgan fingerprint density at radius 2 is 2.00 bits per heavy atom. The third-order valence-electron chi connectivity index (χ3n) is 3.05. The van der Waals surface area contributed by atoms with Gasteiger partial charge in [-0.25, -0.2) is 9.37 Å². The molecule has 0 unspecified atom stereocenters. The van der Waals surface area contributed by atoms with Gasteiger partial charge in [0.15, 0.2) is 0 Å². The zero-order valence-corrected chi connectivity index (χ0v) is 10.5. The summed E-state index contributed by atoms with van der Waals surface area (Å²) in [4.78, 5) is 15.4. The van der Waals surface area contributed by atoms with Gasteiger partial charge in [-0.15, -0.1) is 0 Å². The predicted molar refractivity (Wildman–Crippen MR) is 71.9 cm³/mol. The van der Waals surface area contributed by atoms with Crippen molar-refractivity contribution in [2.24, 2.45) is 0 Å². The van der Waals surface area contributed by atoms with Crippen LogP contribution in [0.2, 0.25) is 0 Å². The van der Waals surface area contributed by atoms with E-state index in [2.05, 4.69) is 4.98 Å². The molecule has 100 valence electrons. The normalized spacial score (nSPS) is 10.8. The lowest BCUT2D eigenvalue weighted by atomic mass is 10.1. The van der Waals surface area contributed by atoms with Gasteiger partial charge in [-0.1, -0.05) is 30.3 Å². The molecule has 3 aromatic rings. The highest BCUT2D eigenvalue weighted by Gasteiger charge is 2.16. The highest BCUT2D eigenvalue weighted by Crippen LogP contribution is 2.25. The van der Waals surface area contributed by atoms with Gasteiger partial charge in [0.25, 0.3) is 0 Å². The summed E-state index contributed by atoms with van der Waals surface area (Å²) in [6.07, 6.45) is 1.33. The van der Waals surface area contributed by atoms with Crippen molar-refractivity contribution in [3.05, 3.63) is 60.2 Å². The molecule has 1 N–H and O–H groups in total. The summed E-state index contributed by atoms with van der Waals surface area (Å²) < 4.78 is 14.9. The Kier molecular flexibility index (Phi) is 2.95. The second-order valence-electron chi connectivity index (χ2n) is 4.42. The molecule has 0 atom stereocenters. The first-order valence-corrected chi connectivity index (χ1v) is 6.09. The third-order valence-corrected chi connectivity index (χ3v) is 3.05. The number of hydrogen-bond acceptors (Lipinski definition) is 2. The lowest BCUT2D eigenvalue weighted by Crippen LogP contribution is -2.04. The van der Waals surface area contributed by atoms with Crippen LogP contribution in [0.3, 0.4) is 0 Å². The summed E-state index contributed by atoms with van der Waals surface area (Å²) in [6, 6.07) is 11.9. The monoisotopic (exact) mass is 270 g/mol. The maximum absolute atomic E-state index is 13.3. The van der Waals surface area contributed by atoms with Crippen molar-refractivity contribution in [3.63, 3.8) is 0 Å². The van der Waals surface area contributed by atoms with E-state index in [9.17, 15) is 9.18 Å². The van der Waals surface area contributed by atoms with E-state index in [-0.39, 0.29) is 6.42 Å². The number of imidazole rings is 1. The molecule has 1 aromatic carbocycles. The van der Waals surface area contributed by atoms with Crippen molar-refractivity contribution >= 4 is 11.6 Å². The molecule has 0 fully saturated rings. The Morgan fingerprint density at radius 1 is 1.25 bits per heavy atom. The summed E-state index contributed by atoms with van der Waals surface area (Å²) in [6.45, 7) is 0. The number of fused-ring (bicyclic) bond motifs is 1.